The number of aromatic nitrogens is 1. The number of nitrogens with zero attached hydrogens (tertiary/aromatic N) is 2. The number of rotatable bonds is 5. The van der Waals surface area contributed by atoms with Gasteiger partial charge < -0.3 is 14.2 Å². The summed E-state index contributed by atoms with van der Waals surface area (Å²) < 4.78 is 10.6. The summed E-state index contributed by atoms with van der Waals surface area (Å²) in [5, 5.41) is 2.40. The van der Waals surface area contributed by atoms with E-state index in [0.717, 1.165) is 51.3 Å². The monoisotopic (exact) mass is 562 g/mol. The van der Waals surface area contributed by atoms with Crippen molar-refractivity contribution in [3.8, 4) is 16.3 Å². The molecule has 186 valence electrons. The number of piperidine rings is 1. The van der Waals surface area contributed by atoms with E-state index in [1.807, 2.05) is 6.07 Å². The van der Waals surface area contributed by atoms with E-state index in [1.54, 1.807) is 18.4 Å². The molecule has 0 radical (unpaired) electrons. The Kier molecular flexibility index (Phi) is 5.30. The number of benzene rings is 2. The van der Waals surface area contributed by atoms with E-state index in [4.69, 9.17) is 4.74 Å². The van der Waals surface area contributed by atoms with E-state index in [-0.39, 0.29) is 5.91 Å². The first-order valence-electron chi connectivity index (χ1n) is 13.1. The van der Waals surface area contributed by atoms with Gasteiger partial charge in [0.05, 0.1) is 17.7 Å². The maximum Gasteiger partial charge on any atom is 0.254 e. The summed E-state index contributed by atoms with van der Waals surface area (Å²) in [4.78, 5) is 17.1. The number of halogens is 1. The summed E-state index contributed by atoms with van der Waals surface area (Å²) >= 11 is 5.47. The Morgan fingerprint density at radius 2 is 1.97 bits per heavy atom. The second-order valence-electron chi connectivity index (χ2n) is 11.1. The van der Waals surface area contributed by atoms with Crippen LogP contribution in [0.4, 0.5) is 0 Å². The molecule has 6 heteroatoms. The molecule has 1 amide bonds. The van der Waals surface area contributed by atoms with E-state index < -0.39 is 0 Å². The van der Waals surface area contributed by atoms with Crippen molar-refractivity contribution >= 4 is 54.2 Å². The van der Waals surface area contributed by atoms with Crippen LogP contribution in [0.15, 0.2) is 40.9 Å². The Morgan fingerprint density at radius 1 is 1.14 bits per heavy atom. The number of fused-ring (bicyclic) bond motifs is 4. The van der Waals surface area contributed by atoms with Crippen molar-refractivity contribution < 1.29 is 9.53 Å². The Morgan fingerprint density at radius 3 is 2.67 bits per heavy atom. The molecule has 3 atom stereocenters. The quantitative estimate of drug-likeness (QED) is 0.248. The van der Waals surface area contributed by atoms with Crippen LogP contribution in [0.2, 0.25) is 0 Å². The van der Waals surface area contributed by atoms with Crippen LogP contribution in [0.3, 0.4) is 0 Å². The van der Waals surface area contributed by atoms with E-state index in [1.165, 1.54) is 46.3 Å². The lowest BCUT2D eigenvalue weighted by Gasteiger charge is -2.27. The van der Waals surface area contributed by atoms with E-state index >= 15 is 0 Å². The SMILES string of the molecule is COc1cc(C(=O)N2CC3CCC2[C@@H]3C)cc2sc(-c3cc4ccc(Br)cc4n3CC3CC3)c(C)c12. The molecule has 2 unspecified atom stereocenters. The first kappa shape index (κ1) is 22.9. The lowest BCUT2D eigenvalue weighted by molar-refractivity contribution is 0.0696. The minimum Gasteiger partial charge on any atom is -0.496 e. The number of thiophene rings is 1. The van der Waals surface area contributed by atoms with Crippen LogP contribution >= 0.6 is 27.3 Å². The number of carbonyl (C=O) groups is 1. The van der Waals surface area contributed by atoms with Gasteiger partial charge in [-0.25, -0.2) is 0 Å². The fourth-order valence-electron chi connectivity index (χ4n) is 6.75. The van der Waals surface area contributed by atoms with Gasteiger partial charge in [-0.2, -0.15) is 0 Å². The zero-order chi connectivity index (χ0) is 24.7. The number of methoxy groups -OCH3 is 1. The van der Waals surface area contributed by atoms with Crippen LogP contribution in [0.1, 0.15) is 48.5 Å². The Balaban J connectivity index is 1.35. The molecule has 2 aromatic carbocycles. The summed E-state index contributed by atoms with van der Waals surface area (Å²) in [7, 11) is 1.72. The highest BCUT2D eigenvalue weighted by Gasteiger charge is 2.46. The van der Waals surface area contributed by atoms with Gasteiger partial charge in [0.1, 0.15) is 5.75 Å². The molecule has 4 aromatic rings. The molecule has 1 saturated heterocycles. The Labute approximate surface area is 224 Å². The van der Waals surface area contributed by atoms with Crippen molar-refractivity contribution in [1.29, 1.82) is 0 Å². The van der Waals surface area contributed by atoms with Gasteiger partial charge in [-0.1, -0.05) is 28.9 Å². The van der Waals surface area contributed by atoms with Gasteiger partial charge in [0.25, 0.3) is 5.91 Å². The van der Waals surface area contributed by atoms with Crippen LogP contribution in [-0.4, -0.2) is 35.1 Å². The third-order valence-electron chi connectivity index (χ3n) is 8.97. The zero-order valence-electron chi connectivity index (χ0n) is 21.0. The van der Waals surface area contributed by atoms with Crippen molar-refractivity contribution in [2.24, 2.45) is 17.8 Å². The number of carbonyl (C=O) groups excluding carboxylic acids is 1. The Hall–Kier alpha value is -2.31. The van der Waals surface area contributed by atoms with E-state index in [2.05, 4.69) is 69.6 Å². The molecule has 3 fully saturated rings. The predicted molar refractivity (Wildman–Crippen MR) is 151 cm³/mol. The van der Waals surface area contributed by atoms with Gasteiger partial charge >= 0.3 is 0 Å². The number of amides is 1. The third-order valence-corrected chi connectivity index (χ3v) is 10.7. The molecule has 7 rings (SSSR count). The summed E-state index contributed by atoms with van der Waals surface area (Å²) in [6.07, 6.45) is 5.03. The van der Waals surface area contributed by atoms with Crippen molar-refractivity contribution in [2.45, 2.75) is 52.1 Å². The summed E-state index contributed by atoms with van der Waals surface area (Å²) in [6, 6.07) is 13.4. The van der Waals surface area contributed by atoms with Crippen LogP contribution in [0, 0.1) is 24.7 Å². The fourth-order valence-corrected chi connectivity index (χ4v) is 8.39. The van der Waals surface area contributed by atoms with Gasteiger partial charge in [0, 0.05) is 50.2 Å². The number of ether oxygens (including phenoxy) is 1. The maximum absolute atomic E-state index is 13.7. The minimum atomic E-state index is 0.162. The van der Waals surface area contributed by atoms with Gasteiger partial charge in [0.15, 0.2) is 0 Å². The topological polar surface area (TPSA) is 34.5 Å². The summed E-state index contributed by atoms with van der Waals surface area (Å²) in [5.41, 5.74) is 4.55. The largest absolute Gasteiger partial charge is 0.496 e. The average molecular weight is 564 g/mol. The predicted octanol–water partition coefficient (Wildman–Crippen LogP) is 7.88. The first-order chi connectivity index (χ1) is 17.4. The van der Waals surface area contributed by atoms with Crippen molar-refractivity contribution in [3.05, 3.63) is 52.0 Å². The van der Waals surface area contributed by atoms with Gasteiger partial charge in [0.2, 0.25) is 0 Å². The molecule has 0 spiro atoms. The highest BCUT2D eigenvalue weighted by Crippen LogP contribution is 2.47. The van der Waals surface area contributed by atoms with Gasteiger partial charge in [-0.05, 0) is 86.3 Å². The first-order valence-corrected chi connectivity index (χ1v) is 14.7. The van der Waals surface area contributed by atoms with Crippen molar-refractivity contribution in [3.63, 3.8) is 0 Å². The highest BCUT2D eigenvalue weighted by atomic mass is 79.9. The lowest BCUT2D eigenvalue weighted by atomic mass is 10.0. The lowest BCUT2D eigenvalue weighted by Crippen LogP contribution is -2.38. The zero-order valence-corrected chi connectivity index (χ0v) is 23.4. The molecule has 3 aliphatic rings. The Bertz CT molecular complexity index is 1530. The van der Waals surface area contributed by atoms with Crippen LogP contribution in [0.5, 0.6) is 5.75 Å². The van der Waals surface area contributed by atoms with Crippen LogP contribution in [0.25, 0.3) is 31.6 Å². The maximum atomic E-state index is 13.7. The molecule has 0 N–H and O–H groups in total. The summed E-state index contributed by atoms with van der Waals surface area (Å²) in [5.74, 6) is 3.01. The molecule has 2 aliphatic carbocycles. The fraction of sp³-hybridized carbons (Fsp3) is 0.433. The second-order valence-corrected chi connectivity index (χ2v) is 13.1. The van der Waals surface area contributed by atoms with Crippen LogP contribution in [-0.2, 0) is 6.54 Å². The van der Waals surface area contributed by atoms with E-state index in [0.29, 0.717) is 17.9 Å². The van der Waals surface area contributed by atoms with Crippen molar-refractivity contribution in [2.75, 3.05) is 13.7 Å². The standard InChI is InChI=1S/C30H31BrN2O2S/c1-16-20-7-9-23(16)33(15-20)30(34)21-11-26(35-3)28-17(2)29(36-27(28)12-21)25-10-19-6-8-22(31)13-24(19)32(25)14-18-4-5-18/h6,8,10-13,16,18,20,23H,4-5,7,9,14-15H2,1-3H3/t16-,20?,23?/m1/s1. The van der Waals surface area contributed by atoms with Crippen LogP contribution < -0.4 is 4.74 Å². The molecule has 1 aliphatic heterocycles. The molecule has 36 heavy (non-hydrogen) atoms. The minimum absolute atomic E-state index is 0.162. The van der Waals surface area contributed by atoms with Gasteiger partial charge in [-0.15, -0.1) is 11.3 Å². The molecule has 2 bridgehead atoms. The number of hydrogen-bond acceptors (Lipinski definition) is 3. The molecule has 2 aromatic heterocycles. The molecular formula is C30H31BrN2O2S. The van der Waals surface area contributed by atoms with Gasteiger partial charge in [-0.3, -0.25) is 4.79 Å². The molecule has 2 saturated carbocycles. The second kappa shape index (κ2) is 8.35. The molecule has 4 nitrogen and oxygen atoms in total. The summed E-state index contributed by atoms with van der Waals surface area (Å²) in [6.45, 7) is 6.47. The smallest absolute Gasteiger partial charge is 0.254 e. The number of hydrogen-bond donors (Lipinski definition) is 0. The van der Waals surface area contributed by atoms with E-state index in [9.17, 15) is 4.79 Å². The number of likely N-dealkylation sites (tertiary alicyclic amines) is 1. The average Bonchev–Trinajstić information content (AvgIpc) is 3.29. The molecule has 3 heterocycles. The third kappa shape index (κ3) is 3.47. The normalized spacial score (nSPS) is 23.3. The molecular weight excluding hydrogens is 532 g/mol. The van der Waals surface area contributed by atoms with Crippen molar-refractivity contribution in [1.82, 2.24) is 9.47 Å². The highest BCUT2D eigenvalue weighted by molar-refractivity contribution is 9.10. The number of aryl methyl sites for hydroxylation is 1.